The molecule has 0 saturated carbocycles. The fraction of sp³-hybridized carbons (Fsp3) is 0.684. The molecule has 1 aliphatic rings. The molecule has 0 bridgehead atoms. The van der Waals surface area contributed by atoms with Gasteiger partial charge in [0.05, 0.1) is 11.9 Å². The predicted molar refractivity (Wildman–Crippen MR) is 104 cm³/mol. The van der Waals surface area contributed by atoms with Crippen LogP contribution in [0.25, 0.3) is 0 Å². The Morgan fingerprint density at radius 3 is 2.93 bits per heavy atom. The minimum atomic E-state index is -0.0716. The topological polar surface area (TPSA) is 91.7 Å². The number of piperidine rings is 1. The third kappa shape index (κ3) is 5.15. The minimum absolute atomic E-state index is 0.0716. The maximum absolute atomic E-state index is 12.6. The van der Waals surface area contributed by atoms with Crippen LogP contribution >= 0.6 is 0 Å². The summed E-state index contributed by atoms with van der Waals surface area (Å²) in [5.74, 6) is -0.0716. The van der Waals surface area contributed by atoms with E-state index in [0.717, 1.165) is 43.7 Å². The highest BCUT2D eigenvalue weighted by atomic mass is 16.2. The summed E-state index contributed by atoms with van der Waals surface area (Å²) < 4.78 is 1.79. The van der Waals surface area contributed by atoms with Gasteiger partial charge in [-0.05, 0) is 58.1 Å². The molecule has 0 aromatic carbocycles. The van der Waals surface area contributed by atoms with E-state index in [1.54, 1.807) is 15.8 Å². The number of carbonyl (C=O) groups is 1. The van der Waals surface area contributed by atoms with Gasteiger partial charge in [-0.25, -0.2) is 0 Å². The number of hydrogen-bond donors (Lipinski definition) is 2. The van der Waals surface area contributed by atoms with Crippen molar-refractivity contribution < 1.29 is 4.79 Å². The lowest BCUT2D eigenvalue weighted by molar-refractivity contribution is 0.0787. The van der Waals surface area contributed by atoms with Crippen LogP contribution in [-0.4, -0.2) is 62.2 Å². The zero-order valence-corrected chi connectivity index (χ0v) is 16.7. The SMILES string of the molecule is Cc1n[nH]c(C)c1CCCN(C)C(=O)c1cn(CC[C@H]2CCCCN2)nn1. The van der Waals surface area contributed by atoms with Gasteiger partial charge in [-0.2, -0.15) is 5.10 Å². The molecule has 0 radical (unpaired) electrons. The van der Waals surface area contributed by atoms with Crippen LogP contribution in [0.2, 0.25) is 0 Å². The fourth-order valence-corrected chi connectivity index (χ4v) is 3.70. The smallest absolute Gasteiger partial charge is 0.275 e. The molecule has 0 unspecified atom stereocenters. The summed E-state index contributed by atoms with van der Waals surface area (Å²) in [6.45, 7) is 6.62. The molecule has 27 heavy (non-hydrogen) atoms. The first-order chi connectivity index (χ1) is 13.0. The molecular weight excluding hydrogens is 342 g/mol. The van der Waals surface area contributed by atoms with E-state index in [1.165, 1.54) is 24.8 Å². The summed E-state index contributed by atoms with van der Waals surface area (Å²) in [5.41, 5.74) is 3.82. The second kappa shape index (κ2) is 9.12. The van der Waals surface area contributed by atoms with Crippen LogP contribution in [-0.2, 0) is 13.0 Å². The van der Waals surface area contributed by atoms with Gasteiger partial charge < -0.3 is 10.2 Å². The van der Waals surface area contributed by atoms with Crippen molar-refractivity contribution in [1.82, 2.24) is 35.4 Å². The Balaban J connectivity index is 1.44. The van der Waals surface area contributed by atoms with Crippen LogP contribution in [0, 0.1) is 13.8 Å². The van der Waals surface area contributed by atoms with Crippen LogP contribution in [0.15, 0.2) is 6.20 Å². The van der Waals surface area contributed by atoms with Gasteiger partial charge in [0, 0.05) is 31.9 Å². The molecule has 0 aliphatic carbocycles. The fourth-order valence-electron chi connectivity index (χ4n) is 3.70. The summed E-state index contributed by atoms with van der Waals surface area (Å²) in [7, 11) is 1.82. The van der Waals surface area contributed by atoms with Crippen LogP contribution in [0.1, 0.15) is 59.5 Å². The Labute approximate surface area is 160 Å². The normalized spacial score (nSPS) is 17.2. The molecule has 2 aromatic rings. The molecule has 1 amide bonds. The van der Waals surface area contributed by atoms with E-state index >= 15 is 0 Å². The van der Waals surface area contributed by atoms with E-state index in [2.05, 4.69) is 25.8 Å². The van der Waals surface area contributed by atoms with E-state index < -0.39 is 0 Å². The zero-order valence-electron chi connectivity index (χ0n) is 16.7. The lowest BCUT2D eigenvalue weighted by Gasteiger charge is -2.23. The Morgan fingerprint density at radius 1 is 1.37 bits per heavy atom. The van der Waals surface area contributed by atoms with Gasteiger partial charge >= 0.3 is 0 Å². The van der Waals surface area contributed by atoms with Gasteiger partial charge in [-0.1, -0.05) is 11.6 Å². The first-order valence-electron chi connectivity index (χ1n) is 9.94. The Morgan fingerprint density at radius 2 is 2.22 bits per heavy atom. The monoisotopic (exact) mass is 373 g/mol. The van der Waals surface area contributed by atoms with Crippen LogP contribution < -0.4 is 5.32 Å². The highest BCUT2D eigenvalue weighted by Gasteiger charge is 2.17. The molecule has 1 saturated heterocycles. The standard InChI is InChI=1S/C19H31N7O/c1-14-17(15(2)22-21-14)8-6-11-25(3)19(27)18-13-26(24-23-18)12-9-16-7-4-5-10-20-16/h13,16,20H,4-12H2,1-3H3,(H,21,22)/t16-/m1/s1. The molecule has 3 heterocycles. The largest absolute Gasteiger partial charge is 0.340 e. The summed E-state index contributed by atoms with van der Waals surface area (Å²) in [4.78, 5) is 14.3. The maximum Gasteiger partial charge on any atom is 0.275 e. The molecular formula is C19H31N7O. The third-order valence-electron chi connectivity index (χ3n) is 5.42. The number of hydrogen-bond acceptors (Lipinski definition) is 5. The van der Waals surface area contributed by atoms with Crippen LogP contribution in [0.4, 0.5) is 0 Å². The lowest BCUT2D eigenvalue weighted by Crippen LogP contribution is -2.34. The van der Waals surface area contributed by atoms with E-state index in [9.17, 15) is 4.79 Å². The van der Waals surface area contributed by atoms with Crippen molar-refractivity contribution in [3.63, 3.8) is 0 Å². The highest BCUT2D eigenvalue weighted by Crippen LogP contribution is 2.13. The Kier molecular flexibility index (Phi) is 6.60. The van der Waals surface area contributed by atoms with Crippen molar-refractivity contribution >= 4 is 5.91 Å². The Hall–Kier alpha value is -2.22. The predicted octanol–water partition coefficient (Wildman–Crippen LogP) is 1.86. The number of amides is 1. The first-order valence-corrected chi connectivity index (χ1v) is 9.94. The number of H-pyrrole nitrogens is 1. The highest BCUT2D eigenvalue weighted by molar-refractivity contribution is 5.91. The van der Waals surface area contributed by atoms with E-state index in [4.69, 9.17) is 0 Å². The van der Waals surface area contributed by atoms with Gasteiger partial charge in [0.1, 0.15) is 0 Å². The van der Waals surface area contributed by atoms with Gasteiger partial charge in [-0.15, -0.1) is 5.10 Å². The minimum Gasteiger partial charge on any atom is -0.340 e. The lowest BCUT2D eigenvalue weighted by atomic mass is 10.0. The van der Waals surface area contributed by atoms with E-state index in [-0.39, 0.29) is 5.91 Å². The van der Waals surface area contributed by atoms with Crippen molar-refractivity contribution in [3.8, 4) is 0 Å². The molecule has 8 heteroatoms. The molecule has 148 valence electrons. The van der Waals surface area contributed by atoms with Crippen molar-refractivity contribution in [1.29, 1.82) is 0 Å². The van der Waals surface area contributed by atoms with Crippen LogP contribution in [0.5, 0.6) is 0 Å². The average Bonchev–Trinajstić information content (AvgIpc) is 3.28. The first kappa shape index (κ1) is 19.5. The molecule has 1 aliphatic heterocycles. The average molecular weight is 374 g/mol. The number of carbonyl (C=O) groups excluding carboxylic acids is 1. The second-order valence-corrected chi connectivity index (χ2v) is 7.55. The number of aryl methyl sites for hydroxylation is 3. The number of nitrogens with zero attached hydrogens (tertiary/aromatic N) is 5. The van der Waals surface area contributed by atoms with Crippen molar-refractivity contribution in [2.75, 3.05) is 20.1 Å². The van der Waals surface area contributed by atoms with Crippen LogP contribution in [0.3, 0.4) is 0 Å². The molecule has 8 nitrogen and oxygen atoms in total. The molecule has 1 atom stereocenters. The Bertz CT molecular complexity index is 726. The second-order valence-electron chi connectivity index (χ2n) is 7.55. The third-order valence-corrected chi connectivity index (χ3v) is 5.42. The summed E-state index contributed by atoms with van der Waals surface area (Å²) >= 11 is 0. The summed E-state index contributed by atoms with van der Waals surface area (Å²) in [6.07, 6.45) is 8.38. The van der Waals surface area contributed by atoms with Gasteiger partial charge in [0.25, 0.3) is 5.91 Å². The zero-order chi connectivity index (χ0) is 19.2. The molecule has 1 fully saturated rings. The summed E-state index contributed by atoms with van der Waals surface area (Å²) in [5, 5.41) is 19.0. The quantitative estimate of drug-likeness (QED) is 0.737. The molecule has 0 spiro atoms. The maximum atomic E-state index is 12.6. The molecule has 2 aromatic heterocycles. The van der Waals surface area contributed by atoms with E-state index in [1.807, 2.05) is 20.9 Å². The van der Waals surface area contributed by atoms with Gasteiger partial charge in [-0.3, -0.25) is 14.6 Å². The molecule has 3 rings (SSSR count). The van der Waals surface area contributed by atoms with Crippen molar-refractivity contribution in [3.05, 3.63) is 28.8 Å². The number of aromatic nitrogens is 5. The van der Waals surface area contributed by atoms with Gasteiger partial charge in [0.15, 0.2) is 5.69 Å². The number of nitrogens with one attached hydrogen (secondary N) is 2. The van der Waals surface area contributed by atoms with E-state index in [0.29, 0.717) is 18.3 Å². The van der Waals surface area contributed by atoms with Gasteiger partial charge in [0.2, 0.25) is 0 Å². The number of rotatable bonds is 8. The molecule has 2 N–H and O–H groups in total. The summed E-state index contributed by atoms with van der Waals surface area (Å²) in [6, 6.07) is 0.555. The van der Waals surface area contributed by atoms with Crippen molar-refractivity contribution in [2.24, 2.45) is 0 Å². The number of aromatic amines is 1. The van der Waals surface area contributed by atoms with Crippen molar-refractivity contribution in [2.45, 2.75) is 65.0 Å².